The van der Waals surface area contributed by atoms with Crippen LogP contribution in [0.2, 0.25) is 0 Å². The highest BCUT2D eigenvalue weighted by Gasteiger charge is 2.16. The molecule has 31 heavy (non-hydrogen) atoms. The Labute approximate surface area is 178 Å². The van der Waals surface area contributed by atoms with Crippen molar-refractivity contribution in [1.82, 2.24) is 15.0 Å². The zero-order valence-electron chi connectivity index (χ0n) is 16.2. The van der Waals surface area contributed by atoms with Crippen molar-refractivity contribution >= 4 is 54.0 Å². The van der Waals surface area contributed by atoms with Crippen LogP contribution in [0.3, 0.4) is 0 Å². The van der Waals surface area contributed by atoms with Gasteiger partial charge in [-0.2, -0.15) is 4.98 Å². The first kappa shape index (κ1) is 20.8. The van der Waals surface area contributed by atoms with Crippen LogP contribution < -0.4 is 15.8 Å². The molecule has 0 bridgehead atoms. The number of sulfone groups is 1. The number of aromatic amines is 1. The van der Waals surface area contributed by atoms with E-state index in [0.717, 1.165) is 6.26 Å². The van der Waals surface area contributed by atoms with Gasteiger partial charge in [0, 0.05) is 18.1 Å². The summed E-state index contributed by atoms with van der Waals surface area (Å²) in [5.74, 6) is 0.601. The fraction of sp³-hybridized carbons (Fsp3) is 0.0526. The molecule has 4 aromatic rings. The van der Waals surface area contributed by atoms with Crippen LogP contribution in [0, 0.1) is 0 Å². The smallest absolute Gasteiger partial charge is 0.238 e. The van der Waals surface area contributed by atoms with E-state index in [4.69, 9.17) is 5.14 Å². The monoisotopic (exact) mass is 458 g/mol. The summed E-state index contributed by atoms with van der Waals surface area (Å²) in [7, 11) is -7.25. The molecule has 0 fully saturated rings. The molecule has 12 heteroatoms. The first-order chi connectivity index (χ1) is 14.6. The van der Waals surface area contributed by atoms with E-state index < -0.39 is 19.9 Å². The van der Waals surface area contributed by atoms with Crippen LogP contribution in [0.5, 0.6) is 0 Å². The van der Waals surface area contributed by atoms with E-state index in [1.807, 2.05) is 0 Å². The number of nitrogens with two attached hydrogens (primary N) is 1. The predicted octanol–water partition coefficient (Wildman–Crippen LogP) is 2.50. The van der Waals surface area contributed by atoms with Gasteiger partial charge >= 0.3 is 0 Å². The lowest BCUT2D eigenvalue weighted by molar-refractivity contribution is 0.597. The molecule has 5 N–H and O–H groups in total. The van der Waals surface area contributed by atoms with Crippen LogP contribution in [0.15, 0.2) is 70.6 Å². The number of primary sulfonamides is 1. The van der Waals surface area contributed by atoms with Gasteiger partial charge in [0.15, 0.2) is 15.7 Å². The van der Waals surface area contributed by atoms with E-state index in [9.17, 15) is 16.8 Å². The van der Waals surface area contributed by atoms with E-state index in [1.54, 1.807) is 30.5 Å². The number of benzene rings is 2. The average Bonchev–Trinajstić information content (AvgIpc) is 3.16. The number of aromatic nitrogens is 3. The maximum Gasteiger partial charge on any atom is 0.238 e. The molecule has 2 heterocycles. The Morgan fingerprint density at radius 3 is 2.29 bits per heavy atom. The number of para-hydroxylation sites is 1. The van der Waals surface area contributed by atoms with Crippen molar-refractivity contribution in [1.29, 1.82) is 0 Å². The van der Waals surface area contributed by atoms with E-state index in [2.05, 4.69) is 25.6 Å². The number of H-pyrrole nitrogens is 1. The van der Waals surface area contributed by atoms with Gasteiger partial charge in [0.05, 0.1) is 21.0 Å². The van der Waals surface area contributed by atoms with Crippen LogP contribution >= 0.6 is 0 Å². The zero-order chi connectivity index (χ0) is 22.2. The third-order valence-corrected chi connectivity index (χ3v) is 6.47. The third kappa shape index (κ3) is 4.50. The molecule has 0 unspecified atom stereocenters. The Morgan fingerprint density at radius 1 is 0.903 bits per heavy atom. The quantitative estimate of drug-likeness (QED) is 0.343. The van der Waals surface area contributed by atoms with Crippen molar-refractivity contribution < 1.29 is 16.8 Å². The van der Waals surface area contributed by atoms with Crippen LogP contribution in [0.4, 0.5) is 23.1 Å². The summed E-state index contributed by atoms with van der Waals surface area (Å²) in [6.07, 6.45) is 2.83. The molecule has 160 valence electrons. The Hall–Kier alpha value is -3.48. The molecule has 0 radical (unpaired) electrons. The Morgan fingerprint density at radius 2 is 1.61 bits per heavy atom. The van der Waals surface area contributed by atoms with Gasteiger partial charge in [0.25, 0.3) is 0 Å². The minimum absolute atomic E-state index is 0.0141. The van der Waals surface area contributed by atoms with Crippen LogP contribution in [0.25, 0.3) is 11.0 Å². The molecule has 2 aromatic heterocycles. The minimum Gasteiger partial charge on any atom is -0.357 e. The largest absolute Gasteiger partial charge is 0.357 e. The number of nitrogens with one attached hydrogen (secondary N) is 3. The SMILES string of the molecule is CS(=O)(=O)c1ccccc1Nc1nc(Nc2ccc(S(N)(=O)=O)cc2)nc2cc[nH]c12. The first-order valence-electron chi connectivity index (χ1n) is 8.92. The molecule has 10 nitrogen and oxygen atoms in total. The van der Waals surface area contributed by atoms with Crippen molar-refractivity contribution in [3.05, 3.63) is 60.8 Å². The lowest BCUT2D eigenvalue weighted by atomic mass is 10.3. The Bertz CT molecular complexity index is 1480. The van der Waals surface area contributed by atoms with Gasteiger partial charge < -0.3 is 15.6 Å². The molecule has 0 saturated heterocycles. The van der Waals surface area contributed by atoms with Crippen molar-refractivity contribution in [2.45, 2.75) is 9.79 Å². The van der Waals surface area contributed by atoms with E-state index in [-0.39, 0.29) is 15.7 Å². The highest BCUT2D eigenvalue weighted by atomic mass is 32.2. The maximum atomic E-state index is 12.1. The van der Waals surface area contributed by atoms with Crippen molar-refractivity contribution in [2.24, 2.45) is 5.14 Å². The molecule has 0 aliphatic heterocycles. The van der Waals surface area contributed by atoms with Crippen LogP contribution in [-0.2, 0) is 19.9 Å². The van der Waals surface area contributed by atoms with Crippen LogP contribution in [-0.4, -0.2) is 38.0 Å². The van der Waals surface area contributed by atoms with Crippen molar-refractivity contribution in [2.75, 3.05) is 16.9 Å². The number of hydrogen-bond acceptors (Lipinski definition) is 8. The number of sulfonamides is 1. The number of rotatable bonds is 6. The van der Waals surface area contributed by atoms with Crippen molar-refractivity contribution in [3.8, 4) is 0 Å². The second-order valence-electron chi connectivity index (χ2n) is 6.72. The first-order valence-corrected chi connectivity index (χ1v) is 12.4. The Kier molecular flexibility index (Phi) is 5.13. The summed E-state index contributed by atoms with van der Waals surface area (Å²) in [5.41, 5.74) is 2.12. The van der Waals surface area contributed by atoms with Gasteiger partial charge in [-0.05, 0) is 42.5 Å². The standard InChI is InChI=1S/C19H18N6O4S2/c1-30(26,27)16-5-3-2-4-14(16)23-18-17-15(10-11-21-17)24-19(25-18)22-12-6-8-13(9-7-12)31(20,28)29/h2-11,21H,1H3,(H2,20,28,29)(H2,22,23,24,25). The topological polar surface area (TPSA) is 160 Å². The van der Waals surface area contributed by atoms with Gasteiger partial charge in [-0.15, -0.1) is 0 Å². The fourth-order valence-electron chi connectivity index (χ4n) is 2.97. The molecule has 4 rings (SSSR count). The van der Waals surface area contributed by atoms with Gasteiger partial charge in [-0.25, -0.2) is 27.0 Å². The summed E-state index contributed by atoms with van der Waals surface area (Å²) in [6, 6.07) is 14.1. The average molecular weight is 459 g/mol. The summed E-state index contributed by atoms with van der Waals surface area (Å²) in [6.45, 7) is 0. The van der Waals surface area contributed by atoms with Gasteiger partial charge in [-0.1, -0.05) is 12.1 Å². The Balaban J connectivity index is 1.71. The number of anilines is 4. The summed E-state index contributed by atoms with van der Waals surface area (Å²) < 4.78 is 47.1. The normalized spacial score (nSPS) is 12.1. The summed E-state index contributed by atoms with van der Waals surface area (Å²) in [5, 5.41) is 11.2. The molecular formula is C19H18N6O4S2. The fourth-order valence-corrected chi connectivity index (χ4v) is 4.33. The van der Waals surface area contributed by atoms with Crippen LogP contribution in [0.1, 0.15) is 0 Å². The molecule has 0 atom stereocenters. The number of hydrogen-bond donors (Lipinski definition) is 4. The third-order valence-electron chi connectivity index (χ3n) is 4.38. The highest BCUT2D eigenvalue weighted by molar-refractivity contribution is 7.91. The second-order valence-corrected chi connectivity index (χ2v) is 10.3. The van der Waals surface area contributed by atoms with Crippen molar-refractivity contribution in [3.63, 3.8) is 0 Å². The molecule has 0 spiro atoms. The molecule has 0 amide bonds. The van der Waals surface area contributed by atoms with E-state index >= 15 is 0 Å². The van der Waals surface area contributed by atoms with Gasteiger partial charge in [-0.3, -0.25) is 0 Å². The lowest BCUT2D eigenvalue weighted by Gasteiger charge is -2.12. The second kappa shape index (κ2) is 7.65. The number of nitrogens with zero attached hydrogens (tertiary/aromatic N) is 2. The van der Waals surface area contributed by atoms with Gasteiger partial charge in [0.1, 0.15) is 5.52 Å². The number of fused-ring (bicyclic) bond motifs is 1. The molecule has 0 aliphatic rings. The minimum atomic E-state index is -3.79. The maximum absolute atomic E-state index is 12.1. The van der Waals surface area contributed by atoms with E-state index in [0.29, 0.717) is 28.2 Å². The molecule has 0 saturated carbocycles. The van der Waals surface area contributed by atoms with E-state index in [1.165, 1.54) is 30.3 Å². The van der Waals surface area contributed by atoms with Gasteiger partial charge in [0.2, 0.25) is 16.0 Å². The molecule has 2 aromatic carbocycles. The molecular weight excluding hydrogens is 440 g/mol. The summed E-state index contributed by atoms with van der Waals surface area (Å²) in [4.78, 5) is 12.0. The molecule has 0 aliphatic carbocycles. The zero-order valence-corrected chi connectivity index (χ0v) is 17.8. The lowest BCUT2D eigenvalue weighted by Crippen LogP contribution is -2.11. The predicted molar refractivity (Wildman–Crippen MR) is 118 cm³/mol. The summed E-state index contributed by atoms with van der Waals surface area (Å²) >= 11 is 0. The highest BCUT2D eigenvalue weighted by Crippen LogP contribution is 2.29.